The summed E-state index contributed by atoms with van der Waals surface area (Å²) in [6, 6.07) is 6.58. The molecule has 0 radical (unpaired) electrons. The van der Waals surface area contributed by atoms with E-state index in [1.54, 1.807) is 24.3 Å². The molecule has 0 saturated carbocycles. The molecule has 0 unspecified atom stereocenters. The minimum atomic E-state index is -0.768. The Morgan fingerprint density at radius 1 is 1.43 bits per heavy atom. The summed E-state index contributed by atoms with van der Waals surface area (Å²) in [6.07, 6.45) is 2.47. The number of hydrogen-bond acceptors (Lipinski definition) is 3. The second-order valence-electron chi connectivity index (χ2n) is 6.18. The smallest absolute Gasteiger partial charge is 0.115 e. The van der Waals surface area contributed by atoms with Crippen molar-refractivity contribution in [1.29, 1.82) is 0 Å². The summed E-state index contributed by atoms with van der Waals surface area (Å²) in [6.45, 7) is 11.9. The first-order valence-electron chi connectivity index (χ1n) is 7.29. The highest BCUT2D eigenvalue weighted by Gasteiger charge is 2.43. The number of aliphatic hydroxyl groups is 1. The monoisotopic (exact) mass is 288 g/mol. The lowest BCUT2D eigenvalue weighted by atomic mass is 9.73. The largest absolute Gasteiger partial charge is 0.508 e. The fourth-order valence-electron chi connectivity index (χ4n) is 2.85. The Morgan fingerprint density at radius 3 is 2.57 bits per heavy atom. The second kappa shape index (κ2) is 6.04. The first-order valence-corrected chi connectivity index (χ1v) is 7.29. The van der Waals surface area contributed by atoms with Crippen LogP contribution in [0.15, 0.2) is 49.1 Å². The molecular formula is C18H24O3. The maximum Gasteiger partial charge on any atom is 0.115 e. The van der Waals surface area contributed by atoms with Gasteiger partial charge in [0.1, 0.15) is 11.9 Å². The van der Waals surface area contributed by atoms with Gasteiger partial charge in [-0.2, -0.15) is 0 Å². The lowest BCUT2D eigenvalue weighted by Gasteiger charge is -2.45. The number of phenolic OH excluding ortho intramolecular Hbond substituents is 1. The third-order valence-corrected chi connectivity index (χ3v) is 4.44. The molecule has 2 N–H and O–H groups in total. The summed E-state index contributed by atoms with van der Waals surface area (Å²) in [4.78, 5) is 0. The van der Waals surface area contributed by atoms with E-state index in [-0.39, 0.29) is 23.4 Å². The predicted octanol–water partition coefficient (Wildman–Crippen LogP) is 3.74. The van der Waals surface area contributed by atoms with E-state index in [9.17, 15) is 10.2 Å². The number of ether oxygens (including phenoxy) is 1. The number of phenols is 1. The summed E-state index contributed by atoms with van der Waals surface area (Å²) in [5.74, 6) is 0.182. The molecule has 1 fully saturated rings. The average Bonchev–Trinajstić information content (AvgIpc) is 2.47. The number of aromatic hydroxyl groups is 1. The van der Waals surface area contributed by atoms with Gasteiger partial charge in [0.25, 0.3) is 0 Å². The molecule has 0 aromatic heterocycles. The normalized spacial score (nSPS) is 30.6. The van der Waals surface area contributed by atoms with Crippen molar-refractivity contribution in [2.24, 2.45) is 5.41 Å². The summed E-state index contributed by atoms with van der Waals surface area (Å²) >= 11 is 0. The van der Waals surface area contributed by atoms with Crippen LogP contribution in [0.3, 0.4) is 0 Å². The molecule has 1 aliphatic rings. The zero-order valence-electron chi connectivity index (χ0n) is 12.7. The zero-order valence-corrected chi connectivity index (χ0v) is 12.7. The Hall–Kier alpha value is -1.58. The Balaban J connectivity index is 2.28. The fourth-order valence-corrected chi connectivity index (χ4v) is 2.85. The maximum absolute atomic E-state index is 10.7. The summed E-state index contributed by atoms with van der Waals surface area (Å²) in [7, 11) is 0. The van der Waals surface area contributed by atoms with Crippen LogP contribution < -0.4 is 0 Å². The summed E-state index contributed by atoms with van der Waals surface area (Å²) < 4.78 is 6.12. The van der Waals surface area contributed by atoms with Crippen molar-refractivity contribution in [2.75, 3.05) is 0 Å². The number of hydrogen-bond donors (Lipinski definition) is 2. The second-order valence-corrected chi connectivity index (χ2v) is 6.18. The van der Waals surface area contributed by atoms with Crippen molar-refractivity contribution in [3.8, 4) is 5.75 Å². The molecule has 0 bridgehead atoms. The van der Waals surface area contributed by atoms with E-state index < -0.39 is 6.10 Å². The molecule has 0 amide bonds. The number of benzene rings is 1. The molecule has 114 valence electrons. The van der Waals surface area contributed by atoms with Gasteiger partial charge in [-0.25, -0.2) is 0 Å². The van der Waals surface area contributed by atoms with Crippen LogP contribution in [-0.4, -0.2) is 22.4 Å². The highest BCUT2D eigenvalue weighted by atomic mass is 16.5. The molecule has 3 nitrogen and oxygen atoms in total. The third-order valence-electron chi connectivity index (χ3n) is 4.44. The van der Waals surface area contributed by atoms with Gasteiger partial charge in [0.15, 0.2) is 0 Å². The standard InChI is InChI=1S/C18H24O3/c1-5-18(4)11-10-15(12(2)3)21-17(18)16(20)13-6-8-14(19)9-7-13/h5-9,15-17,19-20H,1-2,10-11H2,3-4H3/t15-,16+,17-,18-/m1/s1. The van der Waals surface area contributed by atoms with Crippen LogP contribution in [0.4, 0.5) is 0 Å². The highest BCUT2D eigenvalue weighted by Crippen LogP contribution is 2.44. The van der Waals surface area contributed by atoms with Gasteiger partial charge in [0.2, 0.25) is 0 Å². The highest BCUT2D eigenvalue weighted by molar-refractivity contribution is 5.28. The van der Waals surface area contributed by atoms with E-state index in [1.165, 1.54) is 0 Å². The van der Waals surface area contributed by atoms with Crippen molar-refractivity contribution in [3.05, 3.63) is 54.6 Å². The van der Waals surface area contributed by atoms with Crippen molar-refractivity contribution in [3.63, 3.8) is 0 Å². The molecule has 21 heavy (non-hydrogen) atoms. The van der Waals surface area contributed by atoms with Crippen LogP contribution >= 0.6 is 0 Å². The zero-order chi connectivity index (χ0) is 15.6. The minimum Gasteiger partial charge on any atom is -0.508 e. The first kappa shape index (κ1) is 15.8. The molecular weight excluding hydrogens is 264 g/mol. The van der Waals surface area contributed by atoms with Crippen molar-refractivity contribution in [2.45, 2.75) is 45.0 Å². The van der Waals surface area contributed by atoms with Gasteiger partial charge >= 0.3 is 0 Å². The average molecular weight is 288 g/mol. The van der Waals surface area contributed by atoms with Gasteiger partial charge in [-0.1, -0.05) is 37.3 Å². The summed E-state index contributed by atoms with van der Waals surface area (Å²) in [5, 5.41) is 20.1. The molecule has 1 aromatic carbocycles. The molecule has 2 rings (SSSR count). The van der Waals surface area contributed by atoms with Crippen LogP contribution in [0.5, 0.6) is 5.75 Å². The van der Waals surface area contributed by atoms with E-state index in [0.29, 0.717) is 0 Å². The van der Waals surface area contributed by atoms with Gasteiger partial charge in [0, 0.05) is 5.41 Å². The SMILES string of the molecule is C=C[C@]1(C)CC[C@H](C(=C)C)O[C@@H]1[C@@H](O)c1ccc(O)cc1. The summed E-state index contributed by atoms with van der Waals surface area (Å²) in [5.41, 5.74) is 1.42. The van der Waals surface area contributed by atoms with Crippen LogP contribution in [0.1, 0.15) is 38.4 Å². The third kappa shape index (κ3) is 3.20. The molecule has 0 aliphatic carbocycles. The molecule has 3 heteroatoms. The molecule has 1 saturated heterocycles. The van der Waals surface area contributed by atoms with Crippen molar-refractivity contribution < 1.29 is 14.9 Å². The van der Waals surface area contributed by atoms with Gasteiger partial charge in [-0.3, -0.25) is 0 Å². The Kier molecular flexibility index (Phi) is 4.55. The quantitative estimate of drug-likeness (QED) is 0.830. The van der Waals surface area contributed by atoms with Gasteiger partial charge in [-0.05, 0) is 37.5 Å². The van der Waals surface area contributed by atoms with Crippen LogP contribution in [-0.2, 0) is 4.74 Å². The molecule has 1 heterocycles. The van der Waals surface area contributed by atoms with E-state index in [0.717, 1.165) is 24.0 Å². The predicted molar refractivity (Wildman–Crippen MR) is 84.1 cm³/mol. The van der Waals surface area contributed by atoms with Crippen molar-refractivity contribution in [1.82, 2.24) is 0 Å². The molecule has 4 atom stereocenters. The molecule has 1 aromatic rings. The Morgan fingerprint density at radius 2 is 2.05 bits per heavy atom. The van der Waals surface area contributed by atoms with Gasteiger partial charge in [0.05, 0.1) is 12.2 Å². The maximum atomic E-state index is 10.7. The van der Waals surface area contributed by atoms with Crippen LogP contribution in [0.2, 0.25) is 0 Å². The van der Waals surface area contributed by atoms with Crippen molar-refractivity contribution >= 4 is 0 Å². The van der Waals surface area contributed by atoms with Crippen LogP contribution in [0.25, 0.3) is 0 Å². The van der Waals surface area contributed by atoms with E-state index in [4.69, 9.17) is 4.74 Å². The van der Waals surface area contributed by atoms with E-state index in [1.807, 2.05) is 13.0 Å². The van der Waals surface area contributed by atoms with E-state index >= 15 is 0 Å². The molecule has 0 spiro atoms. The lowest BCUT2D eigenvalue weighted by molar-refractivity contribution is -0.144. The molecule has 1 aliphatic heterocycles. The van der Waals surface area contributed by atoms with Gasteiger partial charge < -0.3 is 14.9 Å². The Labute approximate surface area is 126 Å². The fraction of sp³-hybridized carbons (Fsp3) is 0.444. The first-order chi connectivity index (χ1) is 9.87. The van der Waals surface area contributed by atoms with Gasteiger partial charge in [-0.15, -0.1) is 6.58 Å². The van der Waals surface area contributed by atoms with Crippen LogP contribution in [0, 0.1) is 5.41 Å². The lowest BCUT2D eigenvalue weighted by Crippen LogP contribution is -2.45. The minimum absolute atomic E-state index is 0.0326. The Bertz CT molecular complexity index is 520. The number of rotatable bonds is 4. The topological polar surface area (TPSA) is 49.7 Å². The number of aliphatic hydroxyl groups excluding tert-OH is 1. The van der Waals surface area contributed by atoms with E-state index in [2.05, 4.69) is 20.1 Å².